The Morgan fingerprint density at radius 2 is 1.90 bits per heavy atom. The Balaban J connectivity index is 2.15. The third-order valence-corrected chi connectivity index (χ3v) is 2.72. The lowest BCUT2D eigenvalue weighted by molar-refractivity contribution is -0.138. The first-order valence-electron chi connectivity index (χ1n) is 6.42. The molecule has 0 saturated heterocycles. The van der Waals surface area contributed by atoms with Gasteiger partial charge in [-0.15, -0.1) is 0 Å². The number of rotatable bonds is 8. The van der Waals surface area contributed by atoms with Crippen LogP contribution in [0.25, 0.3) is 0 Å². The Hall–Kier alpha value is -1.11. The van der Waals surface area contributed by atoms with Crippen LogP contribution in [0.4, 0.5) is 13.2 Å². The Labute approximate surface area is 117 Å². The van der Waals surface area contributed by atoms with Crippen LogP contribution in [0.2, 0.25) is 0 Å². The summed E-state index contributed by atoms with van der Waals surface area (Å²) >= 11 is 0. The fourth-order valence-corrected chi connectivity index (χ4v) is 1.71. The minimum Gasteiger partial charge on any atom is -0.389 e. The van der Waals surface area contributed by atoms with Gasteiger partial charge in [-0.1, -0.05) is 30.3 Å². The summed E-state index contributed by atoms with van der Waals surface area (Å²) < 4.78 is 41.4. The van der Waals surface area contributed by atoms with Gasteiger partial charge >= 0.3 is 6.18 Å². The number of halogens is 3. The van der Waals surface area contributed by atoms with Crippen LogP contribution in [0, 0.1) is 0 Å². The maximum atomic E-state index is 12.0. The Morgan fingerprint density at radius 1 is 1.25 bits per heavy atom. The maximum absolute atomic E-state index is 12.0. The molecule has 0 fully saturated rings. The van der Waals surface area contributed by atoms with Crippen LogP contribution in [-0.4, -0.2) is 49.0 Å². The Morgan fingerprint density at radius 3 is 2.50 bits per heavy atom. The lowest BCUT2D eigenvalue weighted by Gasteiger charge is -2.21. The molecule has 0 aliphatic rings. The second kappa shape index (κ2) is 8.24. The SMILES string of the molecule is CN(CCC(F)(F)F)CC(O)COCc1ccccc1. The number of likely N-dealkylation sites (N-methyl/N-ethyl adjacent to an activating group) is 1. The van der Waals surface area contributed by atoms with Gasteiger partial charge in [0.15, 0.2) is 0 Å². The van der Waals surface area contributed by atoms with Crippen molar-refractivity contribution in [1.29, 1.82) is 0 Å². The van der Waals surface area contributed by atoms with Gasteiger partial charge in [0.25, 0.3) is 0 Å². The zero-order chi connectivity index (χ0) is 15.0. The molecule has 1 aromatic carbocycles. The first-order chi connectivity index (χ1) is 9.37. The summed E-state index contributed by atoms with van der Waals surface area (Å²) in [6, 6.07) is 9.48. The van der Waals surface area contributed by atoms with Crippen molar-refractivity contribution in [2.45, 2.75) is 25.3 Å². The summed E-state index contributed by atoms with van der Waals surface area (Å²) in [5.41, 5.74) is 0.991. The quantitative estimate of drug-likeness (QED) is 0.798. The third-order valence-electron chi connectivity index (χ3n) is 2.72. The largest absolute Gasteiger partial charge is 0.390 e. The second-order valence-electron chi connectivity index (χ2n) is 4.78. The van der Waals surface area contributed by atoms with Crippen LogP contribution in [-0.2, 0) is 11.3 Å². The lowest BCUT2D eigenvalue weighted by atomic mass is 10.2. The van der Waals surface area contributed by atoms with Crippen molar-refractivity contribution >= 4 is 0 Å². The van der Waals surface area contributed by atoms with E-state index in [4.69, 9.17) is 4.74 Å². The summed E-state index contributed by atoms with van der Waals surface area (Å²) in [5, 5.41) is 9.68. The molecule has 1 N–H and O–H groups in total. The first kappa shape index (κ1) is 16.9. The molecule has 0 heterocycles. The van der Waals surface area contributed by atoms with Crippen LogP contribution in [0.15, 0.2) is 30.3 Å². The monoisotopic (exact) mass is 291 g/mol. The molecule has 0 amide bonds. The van der Waals surface area contributed by atoms with Crippen LogP contribution < -0.4 is 0 Å². The van der Waals surface area contributed by atoms with Gasteiger partial charge in [0.05, 0.1) is 25.7 Å². The van der Waals surface area contributed by atoms with E-state index in [1.807, 2.05) is 30.3 Å². The van der Waals surface area contributed by atoms with Gasteiger partial charge in [-0.25, -0.2) is 0 Å². The van der Waals surface area contributed by atoms with Gasteiger partial charge in [0, 0.05) is 13.1 Å². The van der Waals surface area contributed by atoms with E-state index < -0.39 is 18.7 Å². The summed E-state index contributed by atoms with van der Waals surface area (Å²) in [6.07, 6.45) is -5.83. The minimum atomic E-state index is -4.16. The number of alkyl halides is 3. The van der Waals surface area contributed by atoms with E-state index in [9.17, 15) is 18.3 Å². The van der Waals surface area contributed by atoms with Crippen molar-refractivity contribution in [2.75, 3.05) is 26.7 Å². The second-order valence-corrected chi connectivity index (χ2v) is 4.78. The molecule has 3 nitrogen and oxygen atoms in total. The summed E-state index contributed by atoms with van der Waals surface area (Å²) in [4.78, 5) is 1.45. The Bertz CT molecular complexity index is 370. The average Bonchev–Trinajstić information content (AvgIpc) is 2.37. The van der Waals surface area contributed by atoms with E-state index in [2.05, 4.69) is 0 Å². The van der Waals surface area contributed by atoms with E-state index in [0.717, 1.165) is 5.56 Å². The van der Waals surface area contributed by atoms with Gasteiger partial charge in [-0.2, -0.15) is 13.2 Å². The third kappa shape index (κ3) is 8.14. The molecule has 1 aromatic rings. The normalized spacial score (nSPS) is 13.7. The molecule has 0 radical (unpaired) electrons. The molecule has 1 atom stereocenters. The van der Waals surface area contributed by atoms with Crippen molar-refractivity contribution in [3.63, 3.8) is 0 Å². The van der Waals surface area contributed by atoms with Crippen LogP contribution >= 0.6 is 0 Å². The van der Waals surface area contributed by atoms with Crippen molar-refractivity contribution in [3.05, 3.63) is 35.9 Å². The number of hydrogen-bond acceptors (Lipinski definition) is 3. The van der Waals surface area contributed by atoms with Gasteiger partial charge in [-0.3, -0.25) is 0 Å². The van der Waals surface area contributed by atoms with Crippen LogP contribution in [0.1, 0.15) is 12.0 Å². The molecule has 0 spiro atoms. The molecular formula is C14H20F3NO2. The van der Waals surface area contributed by atoms with Crippen molar-refractivity contribution in [1.82, 2.24) is 4.90 Å². The minimum absolute atomic E-state index is 0.102. The lowest BCUT2D eigenvalue weighted by Crippen LogP contribution is -2.34. The molecular weight excluding hydrogens is 271 g/mol. The van der Waals surface area contributed by atoms with Crippen molar-refractivity contribution < 1.29 is 23.0 Å². The zero-order valence-electron chi connectivity index (χ0n) is 11.4. The number of nitrogens with zero attached hydrogens (tertiary/aromatic N) is 1. The highest BCUT2D eigenvalue weighted by molar-refractivity contribution is 5.13. The maximum Gasteiger partial charge on any atom is 0.390 e. The molecule has 1 unspecified atom stereocenters. The average molecular weight is 291 g/mol. The van der Waals surface area contributed by atoms with Gasteiger partial charge < -0.3 is 14.7 Å². The molecule has 0 saturated carbocycles. The standard InChI is InChI=1S/C14H20F3NO2/c1-18(8-7-14(15,16)17)9-13(19)11-20-10-12-5-3-2-4-6-12/h2-6,13,19H,7-11H2,1H3. The highest BCUT2D eigenvalue weighted by Gasteiger charge is 2.27. The topological polar surface area (TPSA) is 32.7 Å². The van der Waals surface area contributed by atoms with Crippen molar-refractivity contribution in [3.8, 4) is 0 Å². The van der Waals surface area contributed by atoms with Gasteiger partial charge in [0.1, 0.15) is 0 Å². The molecule has 0 aliphatic heterocycles. The molecule has 6 heteroatoms. The number of hydrogen-bond donors (Lipinski definition) is 1. The van der Waals surface area contributed by atoms with E-state index in [1.54, 1.807) is 7.05 Å². The molecule has 114 valence electrons. The fourth-order valence-electron chi connectivity index (χ4n) is 1.71. The highest BCUT2D eigenvalue weighted by Crippen LogP contribution is 2.19. The van der Waals surface area contributed by atoms with Gasteiger partial charge in [0.2, 0.25) is 0 Å². The van der Waals surface area contributed by atoms with Gasteiger partial charge in [-0.05, 0) is 12.6 Å². The predicted molar refractivity (Wildman–Crippen MR) is 70.3 cm³/mol. The molecule has 0 bridgehead atoms. The molecule has 0 aromatic heterocycles. The molecule has 1 rings (SSSR count). The molecule has 0 aliphatic carbocycles. The summed E-state index contributed by atoms with van der Waals surface area (Å²) in [7, 11) is 1.55. The highest BCUT2D eigenvalue weighted by atomic mass is 19.4. The number of aliphatic hydroxyl groups is 1. The zero-order valence-corrected chi connectivity index (χ0v) is 11.4. The number of benzene rings is 1. The van der Waals surface area contributed by atoms with E-state index in [0.29, 0.717) is 6.61 Å². The molecule has 20 heavy (non-hydrogen) atoms. The van der Waals surface area contributed by atoms with E-state index in [1.165, 1.54) is 4.90 Å². The predicted octanol–water partition coefficient (Wildman–Crippen LogP) is 2.45. The summed E-state index contributed by atoms with van der Waals surface area (Å²) in [6.45, 7) is 0.513. The van der Waals surface area contributed by atoms with E-state index >= 15 is 0 Å². The number of ether oxygens (including phenoxy) is 1. The Kier molecular flexibility index (Phi) is 6.98. The van der Waals surface area contributed by atoms with Crippen LogP contribution in [0.5, 0.6) is 0 Å². The number of aliphatic hydroxyl groups excluding tert-OH is 1. The van der Waals surface area contributed by atoms with Crippen molar-refractivity contribution in [2.24, 2.45) is 0 Å². The van der Waals surface area contributed by atoms with E-state index in [-0.39, 0.29) is 19.7 Å². The summed E-state index contributed by atoms with van der Waals surface area (Å²) in [5.74, 6) is 0. The smallest absolute Gasteiger partial charge is 0.389 e. The fraction of sp³-hybridized carbons (Fsp3) is 0.571. The van der Waals surface area contributed by atoms with Crippen LogP contribution in [0.3, 0.4) is 0 Å². The first-order valence-corrected chi connectivity index (χ1v) is 6.42.